The standard InChI is InChI=1S/C15H24N2O/c1-12-10-13(2)17(11-12)8-3-9-18-15-6-4-14(16)5-7-15/h4-7,12-13H,3,8-11,16H2,1-2H3. The lowest BCUT2D eigenvalue weighted by Crippen LogP contribution is -2.29. The summed E-state index contributed by atoms with van der Waals surface area (Å²) in [7, 11) is 0. The van der Waals surface area contributed by atoms with Gasteiger partial charge < -0.3 is 15.4 Å². The van der Waals surface area contributed by atoms with Gasteiger partial charge in [0.1, 0.15) is 5.75 Å². The normalized spacial score (nSPS) is 24.3. The van der Waals surface area contributed by atoms with Gasteiger partial charge in [-0.05, 0) is 49.9 Å². The lowest BCUT2D eigenvalue weighted by atomic mass is 10.1. The van der Waals surface area contributed by atoms with E-state index >= 15 is 0 Å². The first kappa shape index (κ1) is 13.2. The largest absolute Gasteiger partial charge is 0.494 e. The van der Waals surface area contributed by atoms with E-state index in [-0.39, 0.29) is 0 Å². The van der Waals surface area contributed by atoms with Gasteiger partial charge in [0.15, 0.2) is 0 Å². The van der Waals surface area contributed by atoms with E-state index in [1.54, 1.807) is 0 Å². The molecule has 18 heavy (non-hydrogen) atoms. The molecule has 2 N–H and O–H groups in total. The van der Waals surface area contributed by atoms with E-state index in [0.29, 0.717) is 0 Å². The van der Waals surface area contributed by atoms with Crippen molar-refractivity contribution in [1.82, 2.24) is 4.90 Å². The second kappa shape index (κ2) is 6.10. The summed E-state index contributed by atoms with van der Waals surface area (Å²) < 4.78 is 5.70. The van der Waals surface area contributed by atoms with Crippen LogP contribution in [0.15, 0.2) is 24.3 Å². The first-order valence-electron chi connectivity index (χ1n) is 6.87. The Kier molecular flexibility index (Phi) is 4.48. The lowest BCUT2D eigenvalue weighted by molar-refractivity contribution is 0.228. The zero-order valence-corrected chi connectivity index (χ0v) is 11.4. The molecule has 1 aliphatic heterocycles. The minimum atomic E-state index is 0.733. The fraction of sp³-hybridized carbons (Fsp3) is 0.600. The van der Waals surface area contributed by atoms with E-state index in [0.717, 1.165) is 43.0 Å². The van der Waals surface area contributed by atoms with Gasteiger partial charge in [-0.1, -0.05) is 6.92 Å². The third kappa shape index (κ3) is 3.64. The molecule has 3 heteroatoms. The molecule has 2 rings (SSSR count). The van der Waals surface area contributed by atoms with Gasteiger partial charge in [0, 0.05) is 24.8 Å². The Balaban J connectivity index is 1.65. The maximum atomic E-state index is 5.70. The minimum Gasteiger partial charge on any atom is -0.494 e. The summed E-state index contributed by atoms with van der Waals surface area (Å²) in [6.07, 6.45) is 2.42. The number of rotatable bonds is 5. The maximum Gasteiger partial charge on any atom is 0.119 e. The van der Waals surface area contributed by atoms with Crippen LogP contribution in [-0.4, -0.2) is 30.6 Å². The number of nitrogen functional groups attached to an aromatic ring is 1. The quantitative estimate of drug-likeness (QED) is 0.643. The maximum absolute atomic E-state index is 5.70. The van der Waals surface area contributed by atoms with Crippen LogP contribution < -0.4 is 10.5 Å². The highest BCUT2D eigenvalue weighted by atomic mass is 16.5. The summed E-state index contributed by atoms with van der Waals surface area (Å²) in [6.45, 7) is 7.82. The molecule has 0 bridgehead atoms. The molecule has 3 nitrogen and oxygen atoms in total. The fourth-order valence-electron chi connectivity index (χ4n) is 2.72. The molecule has 0 aliphatic carbocycles. The number of likely N-dealkylation sites (tertiary alicyclic amines) is 1. The van der Waals surface area contributed by atoms with Crippen molar-refractivity contribution in [2.24, 2.45) is 5.92 Å². The predicted octanol–water partition coefficient (Wildman–Crippen LogP) is 2.77. The van der Waals surface area contributed by atoms with Gasteiger partial charge in [-0.3, -0.25) is 0 Å². The van der Waals surface area contributed by atoms with Crippen LogP contribution in [0, 0.1) is 5.92 Å². The molecule has 0 amide bonds. The lowest BCUT2D eigenvalue weighted by Gasteiger charge is -2.20. The summed E-state index contributed by atoms with van der Waals surface area (Å²) in [4.78, 5) is 2.57. The van der Waals surface area contributed by atoms with E-state index < -0.39 is 0 Å². The topological polar surface area (TPSA) is 38.5 Å². The molecular weight excluding hydrogens is 224 g/mol. The smallest absolute Gasteiger partial charge is 0.119 e. The summed E-state index contributed by atoms with van der Waals surface area (Å²) >= 11 is 0. The second-order valence-corrected chi connectivity index (χ2v) is 5.46. The molecule has 0 saturated carbocycles. The van der Waals surface area contributed by atoms with Crippen LogP contribution in [0.4, 0.5) is 5.69 Å². The molecule has 1 fully saturated rings. The van der Waals surface area contributed by atoms with Gasteiger partial charge >= 0.3 is 0 Å². The van der Waals surface area contributed by atoms with Crippen molar-refractivity contribution in [1.29, 1.82) is 0 Å². The van der Waals surface area contributed by atoms with Crippen LogP contribution in [0.25, 0.3) is 0 Å². The Labute approximate surface area is 110 Å². The number of nitrogens with zero attached hydrogens (tertiary/aromatic N) is 1. The van der Waals surface area contributed by atoms with E-state index in [1.807, 2.05) is 24.3 Å². The third-order valence-corrected chi connectivity index (χ3v) is 3.65. The highest BCUT2D eigenvalue weighted by Gasteiger charge is 2.25. The average Bonchev–Trinajstić information content (AvgIpc) is 2.66. The van der Waals surface area contributed by atoms with Gasteiger partial charge in [-0.2, -0.15) is 0 Å². The molecule has 0 aromatic heterocycles. The van der Waals surface area contributed by atoms with Gasteiger partial charge in [0.2, 0.25) is 0 Å². The van der Waals surface area contributed by atoms with Crippen molar-refractivity contribution in [3.05, 3.63) is 24.3 Å². The Morgan fingerprint density at radius 2 is 2.00 bits per heavy atom. The van der Waals surface area contributed by atoms with E-state index in [1.165, 1.54) is 13.0 Å². The summed E-state index contributed by atoms with van der Waals surface area (Å²) in [5.74, 6) is 1.75. The molecule has 1 heterocycles. The van der Waals surface area contributed by atoms with Crippen LogP contribution >= 0.6 is 0 Å². The van der Waals surface area contributed by atoms with Crippen molar-refractivity contribution in [2.45, 2.75) is 32.7 Å². The highest BCUT2D eigenvalue weighted by Crippen LogP contribution is 2.22. The monoisotopic (exact) mass is 248 g/mol. The van der Waals surface area contributed by atoms with Crippen LogP contribution in [-0.2, 0) is 0 Å². The Bertz CT molecular complexity index is 363. The highest BCUT2D eigenvalue weighted by molar-refractivity contribution is 5.41. The molecular formula is C15H24N2O. The number of hydrogen-bond donors (Lipinski definition) is 1. The van der Waals surface area contributed by atoms with E-state index in [2.05, 4.69) is 18.7 Å². The van der Waals surface area contributed by atoms with Crippen LogP contribution in [0.1, 0.15) is 26.7 Å². The molecule has 1 saturated heterocycles. The molecule has 1 aromatic rings. The number of ether oxygens (including phenoxy) is 1. The number of nitrogens with two attached hydrogens (primary N) is 1. The summed E-state index contributed by atoms with van der Waals surface area (Å²) in [5.41, 5.74) is 6.41. The fourth-order valence-corrected chi connectivity index (χ4v) is 2.72. The van der Waals surface area contributed by atoms with Crippen LogP contribution in [0.5, 0.6) is 5.75 Å². The molecule has 0 spiro atoms. The Hall–Kier alpha value is -1.22. The molecule has 1 aromatic carbocycles. The van der Waals surface area contributed by atoms with Gasteiger partial charge in [0.05, 0.1) is 6.61 Å². The zero-order chi connectivity index (χ0) is 13.0. The van der Waals surface area contributed by atoms with Crippen molar-refractivity contribution in [2.75, 3.05) is 25.4 Å². The summed E-state index contributed by atoms with van der Waals surface area (Å²) in [5, 5.41) is 0. The molecule has 2 atom stereocenters. The van der Waals surface area contributed by atoms with Crippen LogP contribution in [0.2, 0.25) is 0 Å². The number of hydrogen-bond acceptors (Lipinski definition) is 3. The zero-order valence-electron chi connectivity index (χ0n) is 11.4. The first-order chi connectivity index (χ1) is 8.65. The molecule has 2 unspecified atom stereocenters. The van der Waals surface area contributed by atoms with Crippen molar-refractivity contribution in [3.8, 4) is 5.75 Å². The number of anilines is 1. The van der Waals surface area contributed by atoms with Gasteiger partial charge in [-0.25, -0.2) is 0 Å². The predicted molar refractivity (Wildman–Crippen MR) is 75.8 cm³/mol. The second-order valence-electron chi connectivity index (χ2n) is 5.46. The average molecular weight is 248 g/mol. The summed E-state index contributed by atoms with van der Waals surface area (Å²) in [6, 6.07) is 8.33. The molecule has 100 valence electrons. The van der Waals surface area contributed by atoms with E-state index in [4.69, 9.17) is 10.5 Å². The van der Waals surface area contributed by atoms with Gasteiger partial charge in [-0.15, -0.1) is 0 Å². The Morgan fingerprint density at radius 1 is 1.28 bits per heavy atom. The van der Waals surface area contributed by atoms with Crippen molar-refractivity contribution < 1.29 is 4.74 Å². The molecule has 0 radical (unpaired) electrons. The van der Waals surface area contributed by atoms with Gasteiger partial charge in [0.25, 0.3) is 0 Å². The SMILES string of the molecule is CC1CC(C)N(CCCOc2ccc(N)cc2)C1. The Morgan fingerprint density at radius 3 is 2.61 bits per heavy atom. The first-order valence-corrected chi connectivity index (χ1v) is 6.87. The van der Waals surface area contributed by atoms with Crippen molar-refractivity contribution in [3.63, 3.8) is 0 Å². The number of benzene rings is 1. The van der Waals surface area contributed by atoms with E-state index in [9.17, 15) is 0 Å². The van der Waals surface area contributed by atoms with Crippen LogP contribution in [0.3, 0.4) is 0 Å². The molecule has 1 aliphatic rings. The minimum absolute atomic E-state index is 0.733. The third-order valence-electron chi connectivity index (χ3n) is 3.65. The van der Waals surface area contributed by atoms with Crippen molar-refractivity contribution >= 4 is 5.69 Å².